The summed E-state index contributed by atoms with van der Waals surface area (Å²) in [5, 5.41) is 8.59. The number of H-pyrrole nitrogens is 1. The molecule has 2 aliphatic heterocycles. The number of hydrogen-bond acceptors (Lipinski definition) is 7. The van der Waals surface area contributed by atoms with Crippen molar-refractivity contribution in [2.75, 3.05) is 44.3 Å². The number of pyridine rings is 1. The molecule has 1 amide bonds. The molecule has 2 aliphatic rings. The number of hydrogen-bond donors (Lipinski definition) is 3. The maximum atomic E-state index is 12.8. The molecule has 2 saturated heterocycles. The van der Waals surface area contributed by atoms with E-state index in [2.05, 4.69) is 36.9 Å². The highest BCUT2D eigenvalue weighted by Crippen LogP contribution is 2.32. The normalized spacial score (nSPS) is 20.1. The van der Waals surface area contributed by atoms with Gasteiger partial charge in [0.1, 0.15) is 11.3 Å². The maximum absolute atomic E-state index is 12.8. The van der Waals surface area contributed by atoms with Crippen molar-refractivity contribution in [2.24, 2.45) is 0 Å². The number of nitrogens with one attached hydrogen (secondary N) is 3. The maximum Gasteiger partial charge on any atom is 0.253 e. The number of aromatic amines is 1. The van der Waals surface area contributed by atoms with E-state index in [-0.39, 0.29) is 11.9 Å². The molecule has 29 heavy (non-hydrogen) atoms. The molecule has 0 radical (unpaired) electrons. The molecule has 5 heterocycles. The van der Waals surface area contributed by atoms with Crippen LogP contribution in [0.15, 0.2) is 23.7 Å². The summed E-state index contributed by atoms with van der Waals surface area (Å²) in [6, 6.07) is 4.04. The van der Waals surface area contributed by atoms with Gasteiger partial charge in [-0.2, -0.15) is 0 Å². The van der Waals surface area contributed by atoms with Crippen molar-refractivity contribution >= 4 is 34.1 Å². The second kappa shape index (κ2) is 8.10. The van der Waals surface area contributed by atoms with Gasteiger partial charge in [-0.25, -0.2) is 9.97 Å². The van der Waals surface area contributed by atoms with Gasteiger partial charge in [0.25, 0.3) is 5.91 Å². The van der Waals surface area contributed by atoms with Crippen LogP contribution in [0.3, 0.4) is 0 Å². The van der Waals surface area contributed by atoms with E-state index in [0.29, 0.717) is 16.7 Å². The number of imidazole rings is 1. The van der Waals surface area contributed by atoms with Crippen LogP contribution in [-0.4, -0.2) is 66.3 Å². The Morgan fingerprint density at radius 3 is 3.07 bits per heavy atom. The van der Waals surface area contributed by atoms with Gasteiger partial charge < -0.3 is 25.3 Å². The first kappa shape index (κ1) is 18.5. The second-order valence-corrected chi connectivity index (χ2v) is 8.34. The number of carbonyl (C=O) groups excluding carboxylic acids is 1. The van der Waals surface area contributed by atoms with Gasteiger partial charge in [-0.1, -0.05) is 0 Å². The lowest BCUT2D eigenvalue weighted by Crippen LogP contribution is -2.45. The van der Waals surface area contributed by atoms with Crippen LogP contribution in [0.1, 0.15) is 23.2 Å². The van der Waals surface area contributed by atoms with Crippen molar-refractivity contribution in [1.29, 1.82) is 0 Å². The smallest absolute Gasteiger partial charge is 0.253 e. The first-order valence-electron chi connectivity index (χ1n) is 10.1. The van der Waals surface area contributed by atoms with Crippen LogP contribution in [0.25, 0.3) is 21.9 Å². The topological polar surface area (TPSA) is 95.2 Å². The van der Waals surface area contributed by atoms with Gasteiger partial charge in [0.2, 0.25) is 0 Å². The number of rotatable bonds is 4. The molecule has 3 N–H and O–H groups in total. The summed E-state index contributed by atoms with van der Waals surface area (Å²) in [6.07, 6.45) is 3.73. The van der Waals surface area contributed by atoms with E-state index in [9.17, 15) is 4.79 Å². The van der Waals surface area contributed by atoms with Crippen LogP contribution < -0.4 is 15.5 Å². The molecular formula is C20H24N6O2S. The predicted octanol–water partition coefficient (Wildman–Crippen LogP) is 2.00. The number of ether oxygens (including phenoxy) is 1. The lowest BCUT2D eigenvalue weighted by molar-refractivity contribution is 0.0932. The quantitative estimate of drug-likeness (QED) is 0.607. The Balaban J connectivity index is 1.40. The van der Waals surface area contributed by atoms with Gasteiger partial charge in [-0.15, -0.1) is 11.3 Å². The first-order chi connectivity index (χ1) is 14.3. The molecule has 1 unspecified atom stereocenters. The highest BCUT2D eigenvalue weighted by molar-refractivity contribution is 7.14. The lowest BCUT2D eigenvalue weighted by Gasteiger charge is -2.27. The van der Waals surface area contributed by atoms with Gasteiger partial charge >= 0.3 is 0 Å². The average Bonchev–Trinajstić information content (AvgIpc) is 3.42. The predicted molar refractivity (Wildman–Crippen MR) is 114 cm³/mol. The average molecular weight is 413 g/mol. The van der Waals surface area contributed by atoms with Crippen molar-refractivity contribution in [1.82, 2.24) is 25.6 Å². The van der Waals surface area contributed by atoms with Gasteiger partial charge in [0.05, 0.1) is 23.7 Å². The number of anilines is 1. The van der Waals surface area contributed by atoms with Gasteiger partial charge in [-0.3, -0.25) is 4.79 Å². The van der Waals surface area contributed by atoms with E-state index >= 15 is 0 Å². The summed E-state index contributed by atoms with van der Waals surface area (Å²) in [5.74, 6) is 0.654. The number of piperidine rings is 1. The zero-order valence-electron chi connectivity index (χ0n) is 16.1. The van der Waals surface area contributed by atoms with Crippen LogP contribution in [0.5, 0.6) is 0 Å². The summed E-state index contributed by atoms with van der Waals surface area (Å²) in [4.78, 5) is 28.6. The Kier molecular flexibility index (Phi) is 5.17. The standard InChI is InChI=1S/C20H24N6O2S/c27-20(23-13-2-1-4-21-11-13)15-3-5-22-19-17(15)24-18(25-19)16-10-14(12-29-16)26-6-8-28-9-7-26/h3,5,10,12-13,21H,1-2,4,6-9,11H2,(H,23,27)(H,22,24,25). The number of thiophene rings is 1. The molecular weight excluding hydrogens is 388 g/mol. The van der Waals surface area contributed by atoms with Crippen LogP contribution in [0.2, 0.25) is 0 Å². The van der Waals surface area contributed by atoms with E-state index in [1.54, 1.807) is 23.6 Å². The number of carbonyl (C=O) groups is 1. The Bertz CT molecular complexity index is 1000. The van der Waals surface area contributed by atoms with Crippen molar-refractivity contribution in [3.8, 4) is 10.7 Å². The van der Waals surface area contributed by atoms with Gasteiger partial charge in [-0.05, 0) is 31.5 Å². The Hall–Kier alpha value is -2.49. The zero-order valence-corrected chi connectivity index (χ0v) is 16.9. The fraction of sp³-hybridized carbons (Fsp3) is 0.450. The number of aromatic nitrogens is 3. The number of nitrogens with zero attached hydrogens (tertiary/aromatic N) is 3. The lowest BCUT2D eigenvalue weighted by atomic mass is 10.1. The van der Waals surface area contributed by atoms with E-state index in [1.807, 2.05) is 0 Å². The molecule has 0 aliphatic carbocycles. The molecule has 1 atom stereocenters. The number of morpholine rings is 1. The summed E-state index contributed by atoms with van der Waals surface area (Å²) in [6.45, 7) is 5.15. The molecule has 8 nitrogen and oxygen atoms in total. The molecule has 2 fully saturated rings. The monoisotopic (exact) mass is 412 g/mol. The molecule has 3 aromatic heterocycles. The fourth-order valence-electron chi connectivity index (χ4n) is 3.89. The summed E-state index contributed by atoms with van der Waals surface area (Å²) in [5.41, 5.74) is 3.00. The molecule has 3 aromatic rings. The third kappa shape index (κ3) is 3.85. The van der Waals surface area contributed by atoms with Crippen LogP contribution >= 0.6 is 11.3 Å². The highest BCUT2D eigenvalue weighted by Gasteiger charge is 2.21. The van der Waals surface area contributed by atoms with Gasteiger partial charge in [0, 0.05) is 42.9 Å². The van der Waals surface area contributed by atoms with Crippen LogP contribution in [-0.2, 0) is 4.74 Å². The fourth-order valence-corrected chi connectivity index (χ4v) is 4.75. The van der Waals surface area contributed by atoms with E-state index in [1.165, 1.54) is 5.69 Å². The Morgan fingerprint density at radius 2 is 2.24 bits per heavy atom. The van der Waals surface area contributed by atoms with Crippen molar-refractivity contribution in [2.45, 2.75) is 18.9 Å². The third-order valence-corrected chi connectivity index (χ3v) is 6.38. The van der Waals surface area contributed by atoms with Crippen molar-refractivity contribution in [3.63, 3.8) is 0 Å². The van der Waals surface area contributed by atoms with E-state index < -0.39 is 0 Å². The Morgan fingerprint density at radius 1 is 1.34 bits per heavy atom. The summed E-state index contributed by atoms with van der Waals surface area (Å²) in [7, 11) is 0. The minimum atomic E-state index is -0.0932. The summed E-state index contributed by atoms with van der Waals surface area (Å²) < 4.78 is 5.44. The first-order valence-corrected chi connectivity index (χ1v) is 10.9. The second-order valence-electron chi connectivity index (χ2n) is 7.43. The zero-order chi connectivity index (χ0) is 19.6. The van der Waals surface area contributed by atoms with Gasteiger partial charge in [0.15, 0.2) is 5.65 Å². The Labute approximate surface area is 172 Å². The minimum absolute atomic E-state index is 0.0932. The molecule has 0 bridgehead atoms. The largest absolute Gasteiger partial charge is 0.378 e. The SMILES string of the molecule is O=C(NC1CCCNC1)c1ccnc2[nH]c(-c3cc(N4CCOCC4)cs3)nc12. The minimum Gasteiger partial charge on any atom is -0.378 e. The number of fused-ring (bicyclic) bond motifs is 1. The van der Waals surface area contributed by atoms with Crippen LogP contribution in [0.4, 0.5) is 5.69 Å². The molecule has 0 aromatic carbocycles. The molecule has 0 saturated carbocycles. The van der Waals surface area contributed by atoms with Crippen molar-refractivity contribution in [3.05, 3.63) is 29.3 Å². The molecule has 5 rings (SSSR count). The highest BCUT2D eigenvalue weighted by atomic mass is 32.1. The van der Waals surface area contributed by atoms with E-state index in [0.717, 1.165) is 62.9 Å². The van der Waals surface area contributed by atoms with E-state index in [4.69, 9.17) is 9.72 Å². The van der Waals surface area contributed by atoms with Crippen molar-refractivity contribution < 1.29 is 9.53 Å². The number of amides is 1. The molecule has 152 valence electrons. The summed E-state index contributed by atoms with van der Waals surface area (Å²) >= 11 is 1.64. The molecule has 0 spiro atoms. The third-order valence-electron chi connectivity index (χ3n) is 5.46. The molecule has 9 heteroatoms. The van der Waals surface area contributed by atoms with Crippen LogP contribution in [0, 0.1) is 0 Å².